The molecule has 0 spiro atoms. The number of nitrogens with two attached hydrogens (primary N) is 1. The summed E-state index contributed by atoms with van der Waals surface area (Å²) in [5.41, 5.74) is 6.62. The van der Waals surface area contributed by atoms with Gasteiger partial charge in [0.05, 0.1) is 5.02 Å². The SMILES string of the molecule is CC(N)Cc1cccc(Cl)c1OCCF. The molecular weight excluding hydrogens is 217 g/mol. The number of benzene rings is 1. The predicted molar refractivity (Wildman–Crippen MR) is 60.3 cm³/mol. The predicted octanol–water partition coefficient (Wildman–Crippen LogP) is 2.58. The van der Waals surface area contributed by atoms with Crippen LogP contribution in [0.3, 0.4) is 0 Å². The summed E-state index contributed by atoms with van der Waals surface area (Å²) < 4.78 is 17.3. The van der Waals surface area contributed by atoms with Crippen LogP contribution < -0.4 is 10.5 Å². The van der Waals surface area contributed by atoms with Gasteiger partial charge in [-0.15, -0.1) is 0 Å². The average molecular weight is 232 g/mol. The summed E-state index contributed by atoms with van der Waals surface area (Å²) in [5.74, 6) is 0.550. The van der Waals surface area contributed by atoms with E-state index in [1.165, 1.54) is 0 Å². The monoisotopic (exact) mass is 231 g/mol. The van der Waals surface area contributed by atoms with Crippen LogP contribution in [-0.2, 0) is 6.42 Å². The first-order chi connectivity index (χ1) is 7.15. The minimum absolute atomic E-state index is 0.0235. The van der Waals surface area contributed by atoms with E-state index in [4.69, 9.17) is 22.1 Å². The quantitative estimate of drug-likeness (QED) is 0.846. The molecule has 1 atom stereocenters. The van der Waals surface area contributed by atoms with Crippen LogP contribution in [0.25, 0.3) is 0 Å². The molecule has 2 nitrogen and oxygen atoms in total. The van der Waals surface area contributed by atoms with Crippen molar-refractivity contribution in [1.82, 2.24) is 0 Å². The van der Waals surface area contributed by atoms with Gasteiger partial charge in [-0.2, -0.15) is 0 Å². The van der Waals surface area contributed by atoms with Crippen LogP contribution >= 0.6 is 11.6 Å². The van der Waals surface area contributed by atoms with Crippen molar-refractivity contribution in [3.8, 4) is 5.75 Å². The Morgan fingerprint density at radius 3 is 2.87 bits per heavy atom. The van der Waals surface area contributed by atoms with Crippen LogP contribution in [0.5, 0.6) is 5.75 Å². The standard InChI is InChI=1S/C11H15ClFNO/c1-8(14)7-9-3-2-4-10(12)11(9)15-6-5-13/h2-4,8H,5-7,14H2,1H3. The molecule has 1 aromatic rings. The zero-order valence-electron chi connectivity index (χ0n) is 8.67. The summed E-state index contributed by atoms with van der Waals surface area (Å²) in [7, 11) is 0. The van der Waals surface area contributed by atoms with Gasteiger partial charge in [0.1, 0.15) is 19.0 Å². The normalized spacial score (nSPS) is 12.5. The van der Waals surface area contributed by atoms with E-state index in [9.17, 15) is 4.39 Å². The fourth-order valence-electron chi connectivity index (χ4n) is 1.36. The van der Waals surface area contributed by atoms with Crippen LogP contribution in [0.4, 0.5) is 4.39 Å². The Labute approximate surface area is 94.2 Å². The van der Waals surface area contributed by atoms with Crippen LogP contribution in [0.1, 0.15) is 12.5 Å². The Morgan fingerprint density at radius 1 is 1.53 bits per heavy atom. The number of para-hydroxylation sites is 1. The lowest BCUT2D eigenvalue weighted by Crippen LogP contribution is -2.18. The molecule has 0 bridgehead atoms. The third-order valence-corrected chi connectivity index (χ3v) is 2.21. The van der Waals surface area contributed by atoms with Gasteiger partial charge < -0.3 is 10.5 Å². The maximum Gasteiger partial charge on any atom is 0.141 e. The fraction of sp³-hybridized carbons (Fsp3) is 0.455. The van der Waals surface area contributed by atoms with E-state index in [0.717, 1.165) is 5.56 Å². The molecule has 0 radical (unpaired) electrons. The topological polar surface area (TPSA) is 35.2 Å². The molecule has 4 heteroatoms. The lowest BCUT2D eigenvalue weighted by atomic mass is 10.1. The second kappa shape index (κ2) is 5.93. The maximum absolute atomic E-state index is 12.0. The highest BCUT2D eigenvalue weighted by atomic mass is 35.5. The smallest absolute Gasteiger partial charge is 0.141 e. The van der Waals surface area contributed by atoms with Crippen LogP contribution in [0, 0.1) is 0 Å². The first-order valence-corrected chi connectivity index (χ1v) is 5.24. The fourth-order valence-corrected chi connectivity index (χ4v) is 1.61. The van der Waals surface area contributed by atoms with Crippen molar-refractivity contribution in [1.29, 1.82) is 0 Å². The number of ether oxygens (including phenoxy) is 1. The van der Waals surface area contributed by atoms with Gasteiger partial charge in [0.2, 0.25) is 0 Å². The number of halogens is 2. The highest BCUT2D eigenvalue weighted by Crippen LogP contribution is 2.29. The third kappa shape index (κ3) is 3.68. The first-order valence-electron chi connectivity index (χ1n) is 4.87. The Bertz CT molecular complexity index is 317. The second-order valence-electron chi connectivity index (χ2n) is 3.45. The van der Waals surface area contributed by atoms with Gasteiger partial charge in [0.25, 0.3) is 0 Å². The van der Waals surface area contributed by atoms with Gasteiger partial charge in [-0.25, -0.2) is 4.39 Å². The van der Waals surface area contributed by atoms with Gasteiger partial charge >= 0.3 is 0 Å². The molecule has 0 heterocycles. The van der Waals surface area contributed by atoms with Crippen LogP contribution in [-0.4, -0.2) is 19.3 Å². The Morgan fingerprint density at radius 2 is 2.27 bits per heavy atom. The van der Waals surface area contributed by atoms with Crippen molar-refractivity contribution in [3.63, 3.8) is 0 Å². The summed E-state index contributed by atoms with van der Waals surface area (Å²) in [6.07, 6.45) is 0.669. The zero-order chi connectivity index (χ0) is 11.3. The second-order valence-corrected chi connectivity index (χ2v) is 3.85. The van der Waals surface area contributed by atoms with E-state index in [-0.39, 0.29) is 12.6 Å². The molecule has 0 saturated heterocycles. The maximum atomic E-state index is 12.0. The zero-order valence-corrected chi connectivity index (χ0v) is 9.43. The van der Waals surface area contributed by atoms with Gasteiger partial charge in [0, 0.05) is 6.04 Å². The number of rotatable bonds is 5. The van der Waals surface area contributed by atoms with Gasteiger partial charge in [0.15, 0.2) is 0 Å². The molecule has 0 aliphatic rings. The molecular formula is C11H15ClFNO. The van der Waals surface area contributed by atoms with Gasteiger partial charge in [-0.05, 0) is 25.0 Å². The van der Waals surface area contributed by atoms with Crippen molar-refractivity contribution in [2.45, 2.75) is 19.4 Å². The highest BCUT2D eigenvalue weighted by molar-refractivity contribution is 6.32. The summed E-state index contributed by atoms with van der Waals surface area (Å²) in [6, 6.07) is 5.47. The molecule has 0 aromatic heterocycles. The molecule has 1 rings (SSSR count). The largest absolute Gasteiger partial charge is 0.489 e. The summed E-state index contributed by atoms with van der Waals surface area (Å²) in [6.45, 7) is 1.40. The van der Waals surface area contributed by atoms with Gasteiger partial charge in [-0.1, -0.05) is 23.7 Å². The summed E-state index contributed by atoms with van der Waals surface area (Å²) in [4.78, 5) is 0. The minimum atomic E-state index is -0.525. The van der Waals surface area contributed by atoms with Crippen molar-refractivity contribution in [3.05, 3.63) is 28.8 Å². The van der Waals surface area contributed by atoms with Gasteiger partial charge in [-0.3, -0.25) is 0 Å². The Hall–Kier alpha value is -0.800. The van der Waals surface area contributed by atoms with E-state index in [0.29, 0.717) is 17.2 Å². The van der Waals surface area contributed by atoms with Crippen molar-refractivity contribution < 1.29 is 9.13 Å². The molecule has 0 amide bonds. The summed E-state index contributed by atoms with van der Waals surface area (Å²) in [5, 5.41) is 0.501. The van der Waals surface area contributed by atoms with E-state index in [2.05, 4.69) is 0 Å². The van der Waals surface area contributed by atoms with Crippen LogP contribution in [0.15, 0.2) is 18.2 Å². The molecule has 15 heavy (non-hydrogen) atoms. The molecule has 0 saturated carbocycles. The molecule has 2 N–H and O–H groups in total. The first kappa shape index (κ1) is 12.3. The molecule has 84 valence electrons. The van der Waals surface area contributed by atoms with Crippen molar-refractivity contribution >= 4 is 11.6 Å². The van der Waals surface area contributed by atoms with E-state index in [1.54, 1.807) is 6.07 Å². The molecule has 0 aliphatic heterocycles. The number of hydrogen-bond donors (Lipinski definition) is 1. The molecule has 1 unspecified atom stereocenters. The van der Waals surface area contributed by atoms with E-state index >= 15 is 0 Å². The Kier molecular flexibility index (Phi) is 4.85. The minimum Gasteiger partial charge on any atom is -0.489 e. The molecule has 0 fully saturated rings. The molecule has 1 aromatic carbocycles. The average Bonchev–Trinajstić information content (AvgIpc) is 2.16. The van der Waals surface area contributed by atoms with Crippen molar-refractivity contribution in [2.24, 2.45) is 5.73 Å². The lowest BCUT2D eigenvalue weighted by Gasteiger charge is -2.13. The third-order valence-electron chi connectivity index (χ3n) is 1.91. The van der Waals surface area contributed by atoms with Crippen LogP contribution in [0.2, 0.25) is 5.02 Å². The number of alkyl halides is 1. The lowest BCUT2D eigenvalue weighted by molar-refractivity contribution is 0.271. The number of hydrogen-bond acceptors (Lipinski definition) is 2. The summed E-state index contributed by atoms with van der Waals surface area (Å²) >= 11 is 5.96. The Balaban J connectivity index is 2.87. The van der Waals surface area contributed by atoms with E-state index < -0.39 is 6.67 Å². The molecule has 0 aliphatic carbocycles. The van der Waals surface area contributed by atoms with E-state index in [1.807, 2.05) is 19.1 Å². The van der Waals surface area contributed by atoms with Crippen molar-refractivity contribution in [2.75, 3.05) is 13.3 Å². The highest BCUT2D eigenvalue weighted by Gasteiger charge is 2.09.